The van der Waals surface area contributed by atoms with Crippen LogP contribution < -0.4 is 10.1 Å². The number of nitrogens with one attached hydrogen (secondary N) is 1. The highest BCUT2D eigenvalue weighted by Crippen LogP contribution is 2.32. The summed E-state index contributed by atoms with van der Waals surface area (Å²) < 4.78 is 18.7. The molecule has 0 bridgehead atoms. The molecule has 33 heavy (non-hydrogen) atoms. The number of benzene rings is 3. The molecule has 0 saturated carbocycles. The molecule has 168 valence electrons. The second-order valence-corrected chi connectivity index (χ2v) is 8.06. The fourth-order valence-electron chi connectivity index (χ4n) is 3.82. The van der Waals surface area contributed by atoms with Gasteiger partial charge in [-0.1, -0.05) is 36.4 Å². The van der Waals surface area contributed by atoms with Gasteiger partial charge in [-0.05, 0) is 72.9 Å². The maximum Gasteiger partial charge on any atom is 0.278 e. The molecule has 0 unspecified atom stereocenters. The zero-order valence-electron chi connectivity index (χ0n) is 18.8. The van der Waals surface area contributed by atoms with Gasteiger partial charge in [0.1, 0.15) is 17.3 Å². The first kappa shape index (κ1) is 22.3. The minimum absolute atomic E-state index is 0.204. The number of hydrogen-bond acceptors (Lipinski definition) is 4. The van der Waals surface area contributed by atoms with Crippen molar-refractivity contribution in [3.63, 3.8) is 0 Å². The first-order chi connectivity index (χ1) is 15.9. The van der Waals surface area contributed by atoms with Gasteiger partial charge in [0, 0.05) is 12.2 Å². The average Bonchev–Trinajstić information content (AvgIpc) is 3.04. The first-order valence-electron chi connectivity index (χ1n) is 10.7. The minimum atomic E-state index is -0.406. The van der Waals surface area contributed by atoms with E-state index in [0.29, 0.717) is 12.0 Å². The number of hydrogen-bond donors (Lipinski definition) is 1. The summed E-state index contributed by atoms with van der Waals surface area (Å²) in [4.78, 5) is 28.0. The van der Waals surface area contributed by atoms with Crippen molar-refractivity contribution in [2.75, 3.05) is 19.0 Å². The Labute approximate surface area is 192 Å². The number of carbonyl (C=O) groups is 2. The van der Waals surface area contributed by atoms with Crippen LogP contribution in [0.15, 0.2) is 72.4 Å². The third-order valence-corrected chi connectivity index (χ3v) is 5.74. The van der Waals surface area contributed by atoms with Crippen molar-refractivity contribution in [2.45, 2.75) is 20.3 Å². The third-order valence-electron chi connectivity index (χ3n) is 5.74. The molecule has 4 rings (SSSR count). The number of methoxy groups -OCH3 is 1. The molecule has 1 N–H and O–H groups in total. The van der Waals surface area contributed by atoms with Crippen LogP contribution >= 0.6 is 0 Å². The fraction of sp³-hybridized carbons (Fsp3) is 0.185. The standard InChI is InChI=1S/C27H25FN2O3/c1-17-4-5-18(2)23(16-17)29-25-24(20-8-10-21(28)11-9-20)26(31)30(27(25)32)15-14-19-6-12-22(33-3)13-7-19/h4-13,16,29H,14-15H2,1-3H3. The highest BCUT2D eigenvalue weighted by Gasteiger charge is 2.39. The van der Waals surface area contributed by atoms with Gasteiger partial charge < -0.3 is 10.1 Å². The number of ether oxygens (including phenoxy) is 1. The molecular formula is C27H25FN2O3. The van der Waals surface area contributed by atoms with E-state index < -0.39 is 17.6 Å². The number of aryl methyl sites for hydroxylation is 2. The van der Waals surface area contributed by atoms with Gasteiger partial charge >= 0.3 is 0 Å². The van der Waals surface area contributed by atoms with Crippen molar-refractivity contribution >= 4 is 23.1 Å². The summed E-state index contributed by atoms with van der Waals surface area (Å²) in [5.74, 6) is -0.453. The summed E-state index contributed by atoms with van der Waals surface area (Å²) in [5, 5.41) is 3.19. The zero-order chi connectivity index (χ0) is 23.5. The van der Waals surface area contributed by atoms with E-state index in [1.807, 2.05) is 56.3 Å². The van der Waals surface area contributed by atoms with Crippen molar-refractivity contribution < 1.29 is 18.7 Å². The predicted molar refractivity (Wildman–Crippen MR) is 126 cm³/mol. The van der Waals surface area contributed by atoms with Crippen LogP contribution in [0.25, 0.3) is 5.57 Å². The predicted octanol–water partition coefficient (Wildman–Crippen LogP) is 4.89. The molecule has 0 aromatic heterocycles. The summed E-state index contributed by atoms with van der Waals surface area (Å²) in [6, 6.07) is 19.0. The Kier molecular flexibility index (Phi) is 6.27. The molecule has 1 aliphatic heterocycles. The lowest BCUT2D eigenvalue weighted by molar-refractivity contribution is -0.136. The smallest absolute Gasteiger partial charge is 0.278 e. The van der Waals surface area contributed by atoms with Crippen molar-refractivity contribution in [1.29, 1.82) is 0 Å². The Morgan fingerprint density at radius 2 is 1.61 bits per heavy atom. The maximum atomic E-state index is 13.5. The van der Waals surface area contributed by atoms with Crippen molar-refractivity contribution in [3.05, 3.63) is 100 Å². The van der Waals surface area contributed by atoms with Crippen molar-refractivity contribution in [2.24, 2.45) is 0 Å². The van der Waals surface area contributed by atoms with Gasteiger partial charge in [0.25, 0.3) is 11.8 Å². The van der Waals surface area contributed by atoms with Crippen molar-refractivity contribution in [3.8, 4) is 5.75 Å². The van der Waals surface area contributed by atoms with Crippen LogP contribution in [0.5, 0.6) is 5.75 Å². The van der Waals surface area contributed by atoms with E-state index in [0.717, 1.165) is 28.1 Å². The molecule has 6 heteroatoms. The molecular weight excluding hydrogens is 419 g/mol. The summed E-state index contributed by atoms with van der Waals surface area (Å²) in [7, 11) is 1.60. The van der Waals surface area contributed by atoms with E-state index in [2.05, 4.69) is 5.32 Å². The van der Waals surface area contributed by atoms with E-state index in [1.54, 1.807) is 7.11 Å². The molecule has 0 aliphatic carbocycles. The second-order valence-electron chi connectivity index (χ2n) is 8.06. The van der Waals surface area contributed by atoms with Gasteiger partial charge in [-0.15, -0.1) is 0 Å². The number of anilines is 1. The quantitative estimate of drug-likeness (QED) is 0.528. The SMILES string of the molecule is COc1ccc(CCN2C(=O)C(Nc3cc(C)ccc3C)=C(c3ccc(F)cc3)C2=O)cc1. The highest BCUT2D eigenvalue weighted by atomic mass is 19.1. The van der Waals surface area contributed by atoms with E-state index in [1.165, 1.54) is 29.2 Å². The van der Waals surface area contributed by atoms with Crippen LogP contribution in [0.2, 0.25) is 0 Å². The van der Waals surface area contributed by atoms with Crippen LogP contribution in [0, 0.1) is 19.7 Å². The van der Waals surface area contributed by atoms with Gasteiger partial charge in [0.05, 0.1) is 12.7 Å². The summed E-state index contributed by atoms with van der Waals surface area (Å²) in [6.45, 7) is 4.12. The summed E-state index contributed by atoms with van der Waals surface area (Å²) in [5.41, 5.74) is 4.65. The van der Waals surface area contributed by atoms with Gasteiger partial charge in [0.2, 0.25) is 0 Å². The average molecular weight is 445 g/mol. The minimum Gasteiger partial charge on any atom is -0.497 e. The van der Waals surface area contributed by atoms with Crippen LogP contribution in [0.3, 0.4) is 0 Å². The lowest BCUT2D eigenvalue weighted by Crippen LogP contribution is -2.34. The molecule has 3 aromatic rings. The lowest BCUT2D eigenvalue weighted by atomic mass is 10.0. The Bertz CT molecular complexity index is 1230. The largest absolute Gasteiger partial charge is 0.497 e. The molecule has 5 nitrogen and oxygen atoms in total. The molecule has 2 amide bonds. The van der Waals surface area contributed by atoms with E-state index in [4.69, 9.17) is 4.74 Å². The zero-order valence-corrected chi connectivity index (χ0v) is 18.8. The normalized spacial score (nSPS) is 13.6. The lowest BCUT2D eigenvalue weighted by Gasteiger charge is -2.16. The van der Waals surface area contributed by atoms with E-state index in [-0.39, 0.29) is 17.8 Å². The fourth-order valence-corrected chi connectivity index (χ4v) is 3.82. The van der Waals surface area contributed by atoms with Gasteiger partial charge in [-0.3, -0.25) is 14.5 Å². The topological polar surface area (TPSA) is 58.6 Å². The Morgan fingerprint density at radius 3 is 2.27 bits per heavy atom. The van der Waals surface area contributed by atoms with Gasteiger partial charge in [0.15, 0.2) is 0 Å². The van der Waals surface area contributed by atoms with E-state index >= 15 is 0 Å². The second kappa shape index (κ2) is 9.28. The molecule has 0 spiro atoms. The van der Waals surface area contributed by atoms with E-state index in [9.17, 15) is 14.0 Å². The van der Waals surface area contributed by atoms with Crippen LogP contribution in [0.4, 0.5) is 10.1 Å². The van der Waals surface area contributed by atoms with Crippen LogP contribution in [0.1, 0.15) is 22.3 Å². The number of halogens is 1. The molecule has 0 saturated heterocycles. The Balaban J connectivity index is 1.66. The number of imide groups is 1. The van der Waals surface area contributed by atoms with Gasteiger partial charge in [-0.2, -0.15) is 0 Å². The summed E-state index contributed by atoms with van der Waals surface area (Å²) in [6.07, 6.45) is 0.509. The highest BCUT2D eigenvalue weighted by molar-refractivity contribution is 6.36. The molecule has 1 aliphatic rings. The molecule has 3 aromatic carbocycles. The Hall–Kier alpha value is -3.93. The monoisotopic (exact) mass is 444 g/mol. The number of rotatable bonds is 7. The molecule has 0 atom stereocenters. The molecule has 0 fully saturated rings. The number of nitrogens with zero attached hydrogens (tertiary/aromatic N) is 1. The molecule has 1 heterocycles. The Morgan fingerprint density at radius 1 is 0.909 bits per heavy atom. The van der Waals surface area contributed by atoms with Crippen LogP contribution in [-0.4, -0.2) is 30.4 Å². The summed E-state index contributed by atoms with van der Waals surface area (Å²) >= 11 is 0. The third kappa shape index (κ3) is 4.65. The number of carbonyl (C=O) groups excluding carboxylic acids is 2. The van der Waals surface area contributed by atoms with Crippen LogP contribution in [-0.2, 0) is 16.0 Å². The van der Waals surface area contributed by atoms with Gasteiger partial charge in [-0.25, -0.2) is 4.39 Å². The first-order valence-corrected chi connectivity index (χ1v) is 10.7. The number of amides is 2. The molecule has 0 radical (unpaired) electrons. The van der Waals surface area contributed by atoms with Crippen molar-refractivity contribution in [1.82, 2.24) is 4.90 Å². The maximum absolute atomic E-state index is 13.5.